The maximum Gasteiger partial charge on any atom is 0.333 e. The zero-order valence-corrected chi connectivity index (χ0v) is 21.2. The first-order chi connectivity index (χ1) is 17.6. The second-order valence-electron chi connectivity index (χ2n) is 8.60. The number of para-hydroxylation sites is 1. The van der Waals surface area contributed by atoms with Crippen LogP contribution < -0.4 is 14.2 Å². The molecule has 3 rings (SSSR count). The van der Waals surface area contributed by atoms with Crippen LogP contribution in [0.5, 0.6) is 23.0 Å². The number of carboxylic acids is 1. The summed E-state index contributed by atoms with van der Waals surface area (Å²) in [6.45, 7) is 3.27. The third kappa shape index (κ3) is 8.93. The van der Waals surface area contributed by atoms with Crippen molar-refractivity contribution in [3.63, 3.8) is 0 Å². The number of carboxylic acid groups (broad SMARTS) is 1. The first-order valence-electron chi connectivity index (χ1n) is 12.5. The van der Waals surface area contributed by atoms with Crippen LogP contribution >= 0.6 is 0 Å². The van der Waals surface area contributed by atoms with E-state index in [4.69, 9.17) is 24.1 Å². The fourth-order valence-electron chi connectivity index (χ4n) is 3.78. The van der Waals surface area contributed by atoms with Crippen LogP contribution in [0, 0.1) is 0 Å². The van der Waals surface area contributed by atoms with Crippen LogP contribution in [-0.4, -0.2) is 37.5 Å². The number of methoxy groups -OCH3 is 1. The fourth-order valence-corrected chi connectivity index (χ4v) is 3.78. The number of aryl methyl sites for hydroxylation is 1. The number of ether oxygens (including phenoxy) is 4. The zero-order valence-electron chi connectivity index (χ0n) is 21.2. The second kappa shape index (κ2) is 14.8. The molecule has 0 aromatic heterocycles. The quantitative estimate of drug-likeness (QED) is 0.224. The first-order valence-corrected chi connectivity index (χ1v) is 12.5. The summed E-state index contributed by atoms with van der Waals surface area (Å²) in [6, 6.07) is 23.2. The van der Waals surface area contributed by atoms with E-state index in [0.717, 1.165) is 53.4 Å². The number of hydrogen-bond donors (Lipinski definition) is 1. The zero-order chi connectivity index (χ0) is 25.6. The lowest BCUT2D eigenvalue weighted by molar-refractivity contribution is -0.148. The van der Waals surface area contributed by atoms with Gasteiger partial charge in [-0.25, -0.2) is 4.79 Å². The Labute approximate surface area is 213 Å². The Balaban J connectivity index is 1.48. The SMILES string of the molecule is CCCCCc1cc(Oc2ccccc2)ccc1OCCCOc1ccc(C[C@H](OC)C(=O)O)cc1. The minimum atomic E-state index is -0.968. The number of aliphatic carboxylic acids is 1. The predicted molar refractivity (Wildman–Crippen MR) is 140 cm³/mol. The lowest BCUT2D eigenvalue weighted by Gasteiger charge is -2.14. The molecule has 192 valence electrons. The van der Waals surface area contributed by atoms with E-state index >= 15 is 0 Å². The smallest absolute Gasteiger partial charge is 0.333 e. The standard InChI is InChI=1S/C30H36O6/c1-3-4-6-10-24-22-27(36-26-11-7-5-8-12-26)17-18-28(24)35-20-9-19-34-25-15-13-23(14-16-25)21-29(33-2)30(31)32/h5,7-8,11-18,22,29H,3-4,6,9-10,19-21H2,1-2H3,(H,31,32)/t29-/m0/s1. The first kappa shape index (κ1) is 27.1. The molecule has 0 unspecified atom stereocenters. The van der Waals surface area contributed by atoms with Crippen LogP contribution in [0.2, 0.25) is 0 Å². The molecule has 0 aliphatic heterocycles. The van der Waals surface area contributed by atoms with Gasteiger partial charge in [-0.1, -0.05) is 50.1 Å². The molecule has 0 fully saturated rings. The highest BCUT2D eigenvalue weighted by Crippen LogP contribution is 2.29. The highest BCUT2D eigenvalue weighted by atomic mass is 16.5. The topological polar surface area (TPSA) is 74.2 Å². The van der Waals surface area contributed by atoms with E-state index in [1.807, 2.05) is 66.7 Å². The van der Waals surface area contributed by atoms with E-state index in [1.165, 1.54) is 20.0 Å². The van der Waals surface area contributed by atoms with Crippen LogP contribution in [0.25, 0.3) is 0 Å². The summed E-state index contributed by atoms with van der Waals surface area (Å²) < 4.78 is 22.9. The van der Waals surface area contributed by atoms with Gasteiger partial charge in [0.15, 0.2) is 6.10 Å². The van der Waals surface area contributed by atoms with Gasteiger partial charge in [0.05, 0.1) is 13.2 Å². The summed E-state index contributed by atoms with van der Waals surface area (Å²) in [6.07, 6.45) is 4.61. The maximum atomic E-state index is 11.1. The van der Waals surface area contributed by atoms with Crippen molar-refractivity contribution in [3.8, 4) is 23.0 Å². The second-order valence-corrected chi connectivity index (χ2v) is 8.60. The molecule has 0 aliphatic carbocycles. The Hall–Kier alpha value is -3.51. The molecule has 0 aliphatic rings. The Morgan fingerprint density at radius 3 is 2.25 bits per heavy atom. The van der Waals surface area contributed by atoms with Gasteiger partial charge in [0, 0.05) is 20.0 Å². The number of rotatable bonds is 16. The van der Waals surface area contributed by atoms with E-state index in [0.29, 0.717) is 19.6 Å². The Morgan fingerprint density at radius 1 is 0.833 bits per heavy atom. The van der Waals surface area contributed by atoms with Crippen molar-refractivity contribution in [3.05, 3.63) is 83.9 Å². The van der Waals surface area contributed by atoms with Crippen LogP contribution in [0.4, 0.5) is 0 Å². The van der Waals surface area contributed by atoms with Crippen LogP contribution in [0.15, 0.2) is 72.8 Å². The molecule has 0 heterocycles. The van der Waals surface area contributed by atoms with Gasteiger partial charge < -0.3 is 24.1 Å². The van der Waals surface area contributed by atoms with Crippen LogP contribution in [0.1, 0.15) is 43.7 Å². The molecule has 0 saturated heterocycles. The lowest BCUT2D eigenvalue weighted by Crippen LogP contribution is -2.24. The van der Waals surface area contributed by atoms with E-state index < -0.39 is 12.1 Å². The molecule has 1 atom stereocenters. The van der Waals surface area contributed by atoms with Gasteiger partial charge in [0.25, 0.3) is 0 Å². The van der Waals surface area contributed by atoms with Gasteiger partial charge in [-0.05, 0) is 66.4 Å². The molecular formula is C30H36O6. The largest absolute Gasteiger partial charge is 0.493 e. The molecule has 0 bridgehead atoms. The average molecular weight is 493 g/mol. The lowest BCUT2D eigenvalue weighted by atomic mass is 10.1. The fraction of sp³-hybridized carbons (Fsp3) is 0.367. The normalized spacial score (nSPS) is 11.6. The van der Waals surface area contributed by atoms with Gasteiger partial charge in [0.2, 0.25) is 0 Å². The van der Waals surface area contributed by atoms with Crippen molar-refractivity contribution in [2.75, 3.05) is 20.3 Å². The molecule has 0 spiro atoms. The molecule has 0 amide bonds. The highest BCUT2D eigenvalue weighted by molar-refractivity contribution is 5.72. The Morgan fingerprint density at radius 2 is 1.56 bits per heavy atom. The third-order valence-electron chi connectivity index (χ3n) is 5.78. The summed E-state index contributed by atoms with van der Waals surface area (Å²) in [5.74, 6) is 2.29. The predicted octanol–water partition coefficient (Wildman–Crippen LogP) is 6.70. The van der Waals surface area contributed by atoms with Crippen molar-refractivity contribution in [1.82, 2.24) is 0 Å². The summed E-state index contributed by atoms with van der Waals surface area (Å²) in [5, 5.41) is 9.11. The number of hydrogen-bond acceptors (Lipinski definition) is 5. The molecule has 0 saturated carbocycles. The molecule has 36 heavy (non-hydrogen) atoms. The highest BCUT2D eigenvalue weighted by Gasteiger charge is 2.16. The molecule has 1 N–H and O–H groups in total. The van der Waals surface area contributed by atoms with Crippen molar-refractivity contribution in [2.24, 2.45) is 0 Å². The van der Waals surface area contributed by atoms with Crippen molar-refractivity contribution < 1.29 is 28.8 Å². The van der Waals surface area contributed by atoms with Crippen LogP contribution in [0.3, 0.4) is 0 Å². The van der Waals surface area contributed by atoms with E-state index in [2.05, 4.69) is 13.0 Å². The Bertz CT molecular complexity index is 1050. The summed E-state index contributed by atoms with van der Waals surface area (Å²) in [5.41, 5.74) is 2.04. The average Bonchev–Trinajstić information content (AvgIpc) is 2.89. The van der Waals surface area contributed by atoms with Crippen LogP contribution in [-0.2, 0) is 22.4 Å². The van der Waals surface area contributed by atoms with E-state index in [9.17, 15) is 4.79 Å². The summed E-state index contributed by atoms with van der Waals surface area (Å²) in [4.78, 5) is 11.1. The monoisotopic (exact) mass is 492 g/mol. The van der Waals surface area contributed by atoms with Crippen molar-refractivity contribution >= 4 is 5.97 Å². The minimum Gasteiger partial charge on any atom is -0.493 e. The number of carbonyl (C=O) groups is 1. The molecular weight excluding hydrogens is 456 g/mol. The molecule has 3 aromatic rings. The molecule has 6 nitrogen and oxygen atoms in total. The van der Waals surface area contributed by atoms with Gasteiger partial charge in [0.1, 0.15) is 23.0 Å². The van der Waals surface area contributed by atoms with Crippen molar-refractivity contribution in [2.45, 2.75) is 51.6 Å². The van der Waals surface area contributed by atoms with Gasteiger partial charge >= 0.3 is 5.97 Å². The molecule has 6 heteroatoms. The van der Waals surface area contributed by atoms with Gasteiger partial charge in [-0.15, -0.1) is 0 Å². The maximum absolute atomic E-state index is 11.1. The molecule has 3 aromatic carbocycles. The van der Waals surface area contributed by atoms with Crippen molar-refractivity contribution in [1.29, 1.82) is 0 Å². The molecule has 0 radical (unpaired) electrons. The number of benzene rings is 3. The third-order valence-corrected chi connectivity index (χ3v) is 5.78. The Kier molecular flexibility index (Phi) is 11.1. The minimum absolute atomic E-state index is 0.315. The summed E-state index contributed by atoms with van der Waals surface area (Å²) >= 11 is 0. The van der Waals surface area contributed by atoms with Gasteiger partial charge in [-0.3, -0.25) is 0 Å². The van der Waals surface area contributed by atoms with Gasteiger partial charge in [-0.2, -0.15) is 0 Å². The number of unbranched alkanes of at least 4 members (excludes halogenated alkanes) is 2. The van der Waals surface area contributed by atoms with E-state index in [1.54, 1.807) is 0 Å². The summed E-state index contributed by atoms with van der Waals surface area (Å²) in [7, 11) is 1.40. The van der Waals surface area contributed by atoms with E-state index in [-0.39, 0.29) is 0 Å².